The summed E-state index contributed by atoms with van der Waals surface area (Å²) in [6.07, 6.45) is 0. The Morgan fingerprint density at radius 3 is 2.55 bits per heavy atom. The fourth-order valence-electron chi connectivity index (χ4n) is 3.95. The second kappa shape index (κ2) is 9.23. The van der Waals surface area contributed by atoms with Crippen molar-refractivity contribution in [3.05, 3.63) is 71.7 Å². The van der Waals surface area contributed by atoms with Gasteiger partial charge in [0, 0.05) is 31.9 Å². The molecular weight excluding hydrogens is 438 g/mol. The third-order valence-electron chi connectivity index (χ3n) is 5.82. The fourth-order valence-corrected chi connectivity index (χ4v) is 4.67. The number of fused-ring (bicyclic) bond motifs is 1. The topological polar surface area (TPSA) is 72.0 Å². The first-order valence-corrected chi connectivity index (χ1v) is 11.9. The maximum Gasteiger partial charge on any atom is 0.289 e. The van der Waals surface area contributed by atoms with Crippen LogP contribution in [0.2, 0.25) is 0 Å². The van der Waals surface area contributed by atoms with Gasteiger partial charge in [-0.25, -0.2) is 4.98 Å². The van der Waals surface area contributed by atoms with Gasteiger partial charge in [-0.1, -0.05) is 23.9 Å². The van der Waals surface area contributed by atoms with Gasteiger partial charge in [0.25, 0.3) is 11.1 Å². The minimum atomic E-state index is -0.0712. The van der Waals surface area contributed by atoms with E-state index in [0.29, 0.717) is 29.8 Å². The number of methoxy groups -OCH3 is 1. The number of piperazine rings is 1. The highest BCUT2D eigenvalue weighted by Gasteiger charge is 2.24. The van der Waals surface area contributed by atoms with Crippen LogP contribution in [0.5, 0.6) is 5.75 Å². The van der Waals surface area contributed by atoms with Gasteiger partial charge in [0.05, 0.1) is 12.9 Å². The number of thioether (sulfide) groups is 1. The van der Waals surface area contributed by atoms with Crippen LogP contribution in [0.4, 0.5) is 5.69 Å². The minimum Gasteiger partial charge on any atom is -0.497 e. The molecule has 0 atom stereocenters. The first kappa shape index (κ1) is 21.5. The molecule has 170 valence electrons. The van der Waals surface area contributed by atoms with Gasteiger partial charge in [-0.3, -0.25) is 4.79 Å². The molecule has 2 aromatic carbocycles. The third-order valence-corrected chi connectivity index (χ3v) is 6.67. The largest absolute Gasteiger partial charge is 0.497 e. The smallest absolute Gasteiger partial charge is 0.289 e. The molecule has 33 heavy (non-hydrogen) atoms. The number of para-hydroxylation sites is 1. The van der Waals surface area contributed by atoms with Crippen molar-refractivity contribution in [3.63, 3.8) is 0 Å². The summed E-state index contributed by atoms with van der Waals surface area (Å²) in [6, 6.07) is 17.5. The number of aryl methyl sites for hydroxylation is 1. The van der Waals surface area contributed by atoms with Crippen molar-refractivity contribution in [2.75, 3.05) is 38.2 Å². The molecule has 2 aromatic heterocycles. The molecule has 0 radical (unpaired) electrons. The molecule has 0 spiro atoms. The number of anilines is 1. The van der Waals surface area contributed by atoms with Gasteiger partial charge in [-0.2, -0.15) is 0 Å². The second-order valence-electron chi connectivity index (χ2n) is 7.93. The van der Waals surface area contributed by atoms with Crippen LogP contribution in [0.15, 0.2) is 68.7 Å². The van der Waals surface area contributed by atoms with Gasteiger partial charge in [0.2, 0.25) is 0 Å². The summed E-state index contributed by atoms with van der Waals surface area (Å²) in [4.78, 5) is 21.6. The Balaban J connectivity index is 1.16. The maximum atomic E-state index is 12.9. The Bertz CT molecular complexity index is 1260. The quantitative estimate of drug-likeness (QED) is 0.373. The fraction of sp³-hybridized carbons (Fsp3) is 0.280. The number of amides is 1. The molecule has 1 aliphatic heterocycles. The zero-order valence-corrected chi connectivity index (χ0v) is 19.4. The molecule has 0 bridgehead atoms. The second-order valence-corrected chi connectivity index (χ2v) is 8.86. The Kier molecular flexibility index (Phi) is 6.00. The Morgan fingerprint density at radius 1 is 1.03 bits per heavy atom. The molecular formula is C25H25N3O4S. The van der Waals surface area contributed by atoms with Gasteiger partial charge in [-0.05, 0) is 55.0 Å². The van der Waals surface area contributed by atoms with E-state index in [1.165, 1.54) is 11.8 Å². The van der Waals surface area contributed by atoms with Gasteiger partial charge >= 0.3 is 0 Å². The van der Waals surface area contributed by atoms with Crippen molar-refractivity contribution in [2.24, 2.45) is 0 Å². The Morgan fingerprint density at radius 2 is 1.82 bits per heavy atom. The molecule has 0 aliphatic carbocycles. The molecule has 7 nitrogen and oxygen atoms in total. The van der Waals surface area contributed by atoms with E-state index >= 15 is 0 Å². The number of aromatic nitrogens is 1. The number of carbonyl (C=O) groups excluding carboxylic acids is 1. The highest BCUT2D eigenvalue weighted by atomic mass is 32.2. The molecule has 5 rings (SSSR count). The minimum absolute atomic E-state index is 0.0712. The zero-order chi connectivity index (χ0) is 22.8. The lowest BCUT2D eigenvalue weighted by Gasteiger charge is -2.35. The molecule has 0 saturated carbocycles. The Hall–Kier alpha value is -3.39. The lowest BCUT2D eigenvalue weighted by atomic mass is 10.2. The summed E-state index contributed by atoms with van der Waals surface area (Å²) < 4.78 is 16.9. The van der Waals surface area contributed by atoms with Crippen LogP contribution in [-0.4, -0.2) is 49.1 Å². The van der Waals surface area contributed by atoms with E-state index in [1.54, 1.807) is 13.2 Å². The third kappa shape index (κ3) is 4.57. The summed E-state index contributed by atoms with van der Waals surface area (Å²) in [5.74, 6) is 2.41. The van der Waals surface area contributed by atoms with Crippen LogP contribution < -0.4 is 9.64 Å². The van der Waals surface area contributed by atoms with Crippen LogP contribution in [0.1, 0.15) is 21.9 Å². The van der Waals surface area contributed by atoms with Crippen LogP contribution in [-0.2, 0) is 5.75 Å². The summed E-state index contributed by atoms with van der Waals surface area (Å²) >= 11 is 1.46. The van der Waals surface area contributed by atoms with Gasteiger partial charge in [0.1, 0.15) is 17.0 Å². The highest BCUT2D eigenvalue weighted by Crippen LogP contribution is 2.28. The van der Waals surface area contributed by atoms with E-state index in [2.05, 4.69) is 9.88 Å². The maximum absolute atomic E-state index is 12.9. The number of benzene rings is 2. The van der Waals surface area contributed by atoms with E-state index < -0.39 is 0 Å². The molecule has 8 heteroatoms. The molecule has 1 amide bonds. The molecule has 1 aliphatic rings. The van der Waals surface area contributed by atoms with E-state index in [4.69, 9.17) is 13.6 Å². The number of hydrogen-bond acceptors (Lipinski definition) is 7. The zero-order valence-electron chi connectivity index (χ0n) is 18.6. The van der Waals surface area contributed by atoms with E-state index in [1.807, 2.05) is 60.4 Å². The monoisotopic (exact) mass is 463 g/mol. The first-order chi connectivity index (χ1) is 16.1. The van der Waals surface area contributed by atoms with Crippen molar-refractivity contribution in [3.8, 4) is 5.75 Å². The number of hydrogen-bond donors (Lipinski definition) is 0. The van der Waals surface area contributed by atoms with Gasteiger partial charge < -0.3 is 23.4 Å². The van der Waals surface area contributed by atoms with Crippen molar-refractivity contribution in [1.29, 1.82) is 0 Å². The summed E-state index contributed by atoms with van der Waals surface area (Å²) in [6.45, 7) is 4.87. The van der Waals surface area contributed by atoms with Gasteiger partial charge in [0.15, 0.2) is 11.3 Å². The number of ether oxygens (including phenoxy) is 1. The molecule has 4 aromatic rings. The number of nitrogens with zero attached hydrogens (tertiary/aromatic N) is 3. The van der Waals surface area contributed by atoms with Crippen molar-refractivity contribution >= 4 is 34.5 Å². The molecule has 0 unspecified atom stereocenters. The molecule has 0 N–H and O–H groups in total. The number of oxazole rings is 1. The van der Waals surface area contributed by atoms with E-state index in [0.717, 1.165) is 46.9 Å². The number of rotatable bonds is 6. The van der Waals surface area contributed by atoms with E-state index in [-0.39, 0.29) is 5.91 Å². The average molecular weight is 464 g/mol. The number of furan rings is 1. The predicted molar refractivity (Wildman–Crippen MR) is 128 cm³/mol. The van der Waals surface area contributed by atoms with Crippen LogP contribution in [0.25, 0.3) is 11.1 Å². The lowest BCUT2D eigenvalue weighted by Crippen LogP contribution is -2.48. The lowest BCUT2D eigenvalue weighted by molar-refractivity contribution is 0.0713. The molecule has 1 fully saturated rings. The standard InChI is InChI=1S/C25H25N3O4S/c1-17-4-3-5-21-23(17)26-25(32-21)33-16-20-10-11-22(31-20)24(29)28-14-12-27(13-15-28)18-6-8-19(30-2)9-7-18/h3-11H,12-16H2,1-2H3. The molecule has 3 heterocycles. The summed E-state index contributed by atoms with van der Waals surface area (Å²) in [5, 5.41) is 0.596. The van der Waals surface area contributed by atoms with Crippen molar-refractivity contribution in [1.82, 2.24) is 9.88 Å². The van der Waals surface area contributed by atoms with Crippen LogP contribution in [0, 0.1) is 6.92 Å². The normalized spacial score (nSPS) is 14.1. The van der Waals surface area contributed by atoms with Crippen LogP contribution >= 0.6 is 11.8 Å². The highest BCUT2D eigenvalue weighted by molar-refractivity contribution is 7.98. The average Bonchev–Trinajstić information content (AvgIpc) is 3.50. The first-order valence-electron chi connectivity index (χ1n) is 10.9. The van der Waals surface area contributed by atoms with Crippen LogP contribution in [0.3, 0.4) is 0 Å². The van der Waals surface area contributed by atoms with Gasteiger partial charge in [-0.15, -0.1) is 0 Å². The summed E-state index contributed by atoms with van der Waals surface area (Å²) in [7, 11) is 1.66. The Labute approximate surface area is 196 Å². The van der Waals surface area contributed by atoms with Crippen molar-refractivity contribution in [2.45, 2.75) is 17.9 Å². The SMILES string of the molecule is COc1ccc(N2CCN(C(=O)c3ccc(CSc4nc5c(C)cccc5o4)o3)CC2)cc1. The summed E-state index contributed by atoms with van der Waals surface area (Å²) in [5.41, 5.74) is 3.88. The predicted octanol–water partition coefficient (Wildman–Crippen LogP) is 4.99. The molecule has 1 saturated heterocycles. The van der Waals surface area contributed by atoms with Crippen molar-refractivity contribution < 1.29 is 18.4 Å². The van der Waals surface area contributed by atoms with E-state index in [9.17, 15) is 4.79 Å². The number of carbonyl (C=O) groups is 1.